The van der Waals surface area contributed by atoms with Crippen molar-refractivity contribution in [1.29, 1.82) is 0 Å². The van der Waals surface area contributed by atoms with Crippen molar-refractivity contribution in [3.8, 4) is 0 Å². The quantitative estimate of drug-likeness (QED) is 0.900. The first-order chi connectivity index (χ1) is 9.82. The van der Waals surface area contributed by atoms with Crippen LogP contribution in [0.5, 0.6) is 0 Å². The van der Waals surface area contributed by atoms with Crippen molar-refractivity contribution in [2.75, 3.05) is 6.54 Å². The van der Waals surface area contributed by atoms with Gasteiger partial charge in [-0.05, 0) is 43.5 Å². The molecule has 0 amide bonds. The van der Waals surface area contributed by atoms with Crippen molar-refractivity contribution in [1.82, 2.24) is 4.31 Å². The number of halogens is 1. The molecule has 1 saturated carbocycles. The number of aryl methyl sites for hydroxylation is 1. The van der Waals surface area contributed by atoms with Crippen LogP contribution in [0.3, 0.4) is 0 Å². The predicted molar refractivity (Wildman–Crippen MR) is 80.0 cm³/mol. The smallest absolute Gasteiger partial charge is 0.318 e. The van der Waals surface area contributed by atoms with E-state index in [1.54, 1.807) is 13.0 Å². The van der Waals surface area contributed by atoms with E-state index >= 15 is 0 Å². The van der Waals surface area contributed by atoms with Gasteiger partial charge >= 0.3 is 5.97 Å². The van der Waals surface area contributed by atoms with E-state index in [-0.39, 0.29) is 10.9 Å². The second-order valence-corrected chi connectivity index (χ2v) is 7.59. The fourth-order valence-corrected chi connectivity index (χ4v) is 4.83. The zero-order valence-corrected chi connectivity index (χ0v) is 13.3. The fraction of sp³-hybridized carbons (Fsp3) is 0.500. The van der Waals surface area contributed by atoms with E-state index in [4.69, 9.17) is 16.7 Å². The highest BCUT2D eigenvalue weighted by atomic mass is 35.5. The van der Waals surface area contributed by atoms with Gasteiger partial charge in [0.15, 0.2) is 0 Å². The average molecular weight is 332 g/mol. The third-order valence-electron chi connectivity index (χ3n) is 3.75. The lowest BCUT2D eigenvalue weighted by molar-refractivity contribution is -0.137. The Kier molecular flexibility index (Phi) is 4.91. The third kappa shape index (κ3) is 3.56. The van der Waals surface area contributed by atoms with Gasteiger partial charge < -0.3 is 5.11 Å². The molecule has 1 aromatic rings. The summed E-state index contributed by atoms with van der Waals surface area (Å²) >= 11 is 5.86. The summed E-state index contributed by atoms with van der Waals surface area (Å²) in [4.78, 5) is 11.2. The zero-order valence-electron chi connectivity index (χ0n) is 11.8. The molecule has 0 aliphatic heterocycles. The molecule has 0 atom stereocenters. The molecule has 1 aliphatic carbocycles. The maximum absolute atomic E-state index is 12.8. The van der Waals surface area contributed by atoms with Gasteiger partial charge in [-0.2, -0.15) is 4.31 Å². The van der Waals surface area contributed by atoms with Gasteiger partial charge in [0.05, 0.1) is 4.90 Å². The maximum atomic E-state index is 12.8. The Morgan fingerprint density at radius 2 is 2.00 bits per heavy atom. The molecule has 1 N–H and O–H groups in total. The first kappa shape index (κ1) is 16.3. The van der Waals surface area contributed by atoms with E-state index < -0.39 is 22.5 Å². The van der Waals surface area contributed by atoms with Crippen LogP contribution >= 0.6 is 11.6 Å². The summed E-state index contributed by atoms with van der Waals surface area (Å²) in [5.41, 5.74) is 0.524. The number of carboxylic acid groups (broad SMARTS) is 1. The van der Waals surface area contributed by atoms with E-state index in [1.165, 1.54) is 12.1 Å². The molecule has 0 unspecified atom stereocenters. The van der Waals surface area contributed by atoms with E-state index in [0.717, 1.165) is 17.1 Å². The highest BCUT2D eigenvalue weighted by Crippen LogP contribution is 2.30. The Hall–Kier alpha value is -1.11. The molecular weight excluding hydrogens is 314 g/mol. The Morgan fingerprint density at radius 3 is 2.52 bits per heavy atom. The van der Waals surface area contributed by atoms with Gasteiger partial charge in [-0.1, -0.05) is 24.4 Å². The van der Waals surface area contributed by atoms with Crippen LogP contribution in [0.2, 0.25) is 5.02 Å². The number of hydrogen-bond acceptors (Lipinski definition) is 3. The van der Waals surface area contributed by atoms with Crippen molar-refractivity contribution in [3.63, 3.8) is 0 Å². The van der Waals surface area contributed by atoms with Gasteiger partial charge in [-0.25, -0.2) is 8.42 Å². The normalized spacial score (nSPS) is 16.5. The molecule has 1 aromatic carbocycles. The van der Waals surface area contributed by atoms with Crippen LogP contribution in [-0.2, 0) is 14.8 Å². The number of rotatable bonds is 5. The van der Waals surface area contributed by atoms with Gasteiger partial charge in [0.2, 0.25) is 10.0 Å². The van der Waals surface area contributed by atoms with Crippen LogP contribution < -0.4 is 0 Å². The summed E-state index contributed by atoms with van der Waals surface area (Å²) in [5, 5.41) is 9.50. The summed E-state index contributed by atoms with van der Waals surface area (Å²) in [6, 6.07) is 4.29. The highest BCUT2D eigenvalue weighted by Gasteiger charge is 2.35. The number of hydrogen-bond donors (Lipinski definition) is 1. The molecule has 0 radical (unpaired) electrons. The van der Waals surface area contributed by atoms with Crippen molar-refractivity contribution in [2.45, 2.75) is 43.5 Å². The lowest BCUT2D eigenvalue weighted by atomic mass is 10.2. The number of aliphatic carboxylic acids is 1. The zero-order chi connectivity index (χ0) is 15.6. The van der Waals surface area contributed by atoms with Crippen LogP contribution in [0, 0.1) is 6.92 Å². The summed E-state index contributed by atoms with van der Waals surface area (Å²) in [7, 11) is -3.83. The Labute approximate surface area is 129 Å². The monoisotopic (exact) mass is 331 g/mol. The number of sulfonamides is 1. The van der Waals surface area contributed by atoms with Crippen LogP contribution in [0.15, 0.2) is 23.1 Å². The molecule has 21 heavy (non-hydrogen) atoms. The van der Waals surface area contributed by atoms with Gasteiger partial charge in [0.25, 0.3) is 0 Å². The number of carbonyl (C=O) groups is 1. The van der Waals surface area contributed by atoms with Gasteiger partial charge in [-0.3, -0.25) is 4.79 Å². The lowest BCUT2D eigenvalue weighted by Crippen LogP contribution is -2.42. The Bertz CT molecular complexity index is 638. The summed E-state index contributed by atoms with van der Waals surface area (Å²) in [6.07, 6.45) is 3.27. The first-order valence-corrected chi connectivity index (χ1v) is 8.64. The second kappa shape index (κ2) is 6.34. The van der Waals surface area contributed by atoms with Gasteiger partial charge in [0.1, 0.15) is 6.54 Å². The minimum atomic E-state index is -3.83. The highest BCUT2D eigenvalue weighted by molar-refractivity contribution is 7.89. The minimum Gasteiger partial charge on any atom is -0.480 e. The predicted octanol–water partition coefficient (Wildman–Crippen LogP) is 2.67. The molecule has 1 aliphatic rings. The minimum absolute atomic E-state index is 0.125. The van der Waals surface area contributed by atoms with Crippen molar-refractivity contribution in [3.05, 3.63) is 28.8 Å². The standard InChI is InChI=1S/C14H18ClNO4S/c1-10-8-11(15)6-7-13(10)21(19,20)16(9-14(17)18)12-4-2-3-5-12/h6-8,12H,2-5,9H2,1H3,(H,17,18). The maximum Gasteiger partial charge on any atom is 0.318 e. The number of nitrogens with zero attached hydrogens (tertiary/aromatic N) is 1. The average Bonchev–Trinajstić information content (AvgIpc) is 2.88. The molecular formula is C14H18ClNO4S. The van der Waals surface area contributed by atoms with Gasteiger partial charge in [0, 0.05) is 11.1 Å². The van der Waals surface area contributed by atoms with Crippen LogP contribution in [0.25, 0.3) is 0 Å². The molecule has 0 bridgehead atoms. The van der Waals surface area contributed by atoms with Gasteiger partial charge in [-0.15, -0.1) is 0 Å². The SMILES string of the molecule is Cc1cc(Cl)ccc1S(=O)(=O)N(CC(=O)O)C1CCCC1. The van der Waals surface area contributed by atoms with Crippen molar-refractivity contribution < 1.29 is 18.3 Å². The molecule has 5 nitrogen and oxygen atoms in total. The van der Waals surface area contributed by atoms with Crippen molar-refractivity contribution in [2.24, 2.45) is 0 Å². The number of carboxylic acids is 1. The first-order valence-electron chi connectivity index (χ1n) is 6.82. The molecule has 0 aromatic heterocycles. The third-order valence-corrected chi connectivity index (χ3v) is 6.04. The molecule has 0 heterocycles. The van der Waals surface area contributed by atoms with Crippen LogP contribution in [0.1, 0.15) is 31.2 Å². The summed E-state index contributed by atoms with van der Waals surface area (Å²) in [6.45, 7) is 1.15. The number of benzene rings is 1. The van der Waals surface area contributed by atoms with Crippen LogP contribution in [-0.4, -0.2) is 36.4 Å². The molecule has 116 valence electrons. The van der Waals surface area contributed by atoms with E-state index in [0.29, 0.717) is 23.4 Å². The molecule has 0 spiro atoms. The van der Waals surface area contributed by atoms with Crippen LogP contribution in [0.4, 0.5) is 0 Å². The van der Waals surface area contributed by atoms with Crippen molar-refractivity contribution >= 4 is 27.6 Å². The summed E-state index contributed by atoms with van der Waals surface area (Å²) in [5.74, 6) is -1.14. The largest absolute Gasteiger partial charge is 0.480 e. The topological polar surface area (TPSA) is 74.7 Å². The molecule has 0 saturated heterocycles. The van der Waals surface area contributed by atoms with E-state index in [2.05, 4.69) is 0 Å². The second-order valence-electron chi connectivity index (χ2n) is 5.29. The van der Waals surface area contributed by atoms with E-state index in [1.807, 2.05) is 0 Å². The molecule has 2 rings (SSSR count). The molecule has 1 fully saturated rings. The Morgan fingerprint density at radius 1 is 1.38 bits per heavy atom. The molecule has 7 heteroatoms. The lowest BCUT2D eigenvalue weighted by Gasteiger charge is -2.27. The summed E-state index contributed by atoms with van der Waals surface area (Å²) < 4.78 is 26.7. The Balaban J connectivity index is 2.43. The fourth-order valence-electron chi connectivity index (χ4n) is 2.76. The van der Waals surface area contributed by atoms with E-state index in [9.17, 15) is 13.2 Å².